The lowest BCUT2D eigenvalue weighted by molar-refractivity contribution is 0.556. The van der Waals surface area contributed by atoms with Crippen molar-refractivity contribution in [2.45, 2.75) is 23.4 Å². The standard InChI is InChI=1S/C12H12N4OS2/c1-2-10-15-12(19-16-10)18-6-11-14-8-4-3-7(13)5-9(8)17-11/h3-5H,2,6,13H2,1H3. The molecule has 0 saturated carbocycles. The third-order valence-electron chi connectivity index (χ3n) is 2.54. The molecule has 0 aliphatic heterocycles. The summed E-state index contributed by atoms with van der Waals surface area (Å²) < 4.78 is 10.8. The van der Waals surface area contributed by atoms with Crippen LogP contribution >= 0.6 is 23.3 Å². The number of anilines is 1. The molecule has 0 radical (unpaired) electrons. The number of aryl methyl sites for hydroxylation is 1. The lowest BCUT2D eigenvalue weighted by atomic mass is 10.3. The van der Waals surface area contributed by atoms with Crippen molar-refractivity contribution in [2.75, 3.05) is 5.73 Å². The number of hydrogen-bond acceptors (Lipinski definition) is 7. The fourth-order valence-corrected chi connectivity index (χ4v) is 3.15. The number of oxazole rings is 1. The molecule has 0 bridgehead atoms. The Hall–Kier alpha value is -1.60. The predicted molar refractivity (Wildman–Crippen MR) is 77.3 cm³/mol. The fraction of sp³-hybridized carbons (Fsp3) is 0.250. The number of nitrogens with two attached hydrogens (primary N) is 1. The third-order valence-corrected chi connectivity index (χ3v) is 4.40. The lowest BCUT2D eigenvalue weighted by Gasteiger charge is -1.91. The van der Waals surface area contributed by atoms with Crippen molar-refractivity contribution < 1.29 is 4.42 Å². The van der Waals surface area contributed by atoms with Gasteiger partial charge in [0.1, 0.15) is 11.3 Å². The minimum absolute atomic E-state index is 0.646. The van der Waals surface area contributed by atoms with Crippen LogP contribution in [-0.2, 0) is 12.2 Å². The Balaban J connectivity index is 1.74. The second-order valence-corrected chi connectivity index (χ2v) is 5.93. The maximum Gasteiger partial charge on any atom is 0.205 e. The molecule has 0 amide bonds. The second kappa shape index (κ2) is 5.18. The van der Waals surface area contributed by atoms with Crippen molar-refractivity contribution in [1.29, 1.82) is 0 Å². The zero-order valence-corrected chi connectivity index (χ0v) is 11.9. The van der Waals surface area contributed by atoms with Crippen molar-refractivity contribution in [3.63, 3.8) is 0 Å². The van der Waals surface area contributed by atoms with Crippen LogP contribution in [-0.4, -0.2) is 14.3 Å². The van der Waals surface area contributed by atoms with E-state index in [1.807, 2.05) is 19.1 Å². The number of hydrogen-bond donors (Lipinski definition) is 1. The van der Waals surface area contributed by atoms with Gasteiger partial charge in [0.2, 0.25) is 5.89 Å². The normalized spacial score (nSPS) is 11.2. The molecular formula is C12H12N4OS2. The van der Waals surface area contributed by atoms with E-state index >= 15 is 0 Å². The zero-order chi connectivity index (χ0) is 13.2. The van der Waals surface area contributed by atoms with Gasteiger partial charge in [0.25, 0.3) is 0 Å². The average Bonchev–Trinajstić information content (AvgIpc) is 3.01. The topological polar surface area (TPSA) is 77.8 Å². The average molecular weight is 292 g/mol. The van der Waals surface area contributed by atoms with Crippen LogP contribution in [0.15, 0.2) is 27.0 Å². The molecule has 0 atom stereocenters. The van der Waals surface area contributed by atoms with E-state index in [1.54, 1.807) is 17.8 Å². The summed E-state index contributed by atoms with van der Waals surface area (Å²) in [6.45, 7) is 2.04. The van der Waals surface area contributed by atoms with Gasteiger partial charge in [-0.05, 0) is 23.7 Å². The first-order valence-electron chi connectivity index (χ1n) is 5.85. The quantitative estimate of drug-likeness (QED) is 0.588. The van der Waals surface area contributed by atoms with E-state index in [9.17, 15) is 0 Å². The van der Waals surface area contributed by atoms with E-state index in [-0.39, 0.29) is 0 Å². The summed E-state index contributed by atoms with van der Waals surface area (Å²) >= 11 is 3.00. The van der Waals surface area contributed by atoms with Gasteiger partial charge in [-0.15, -0.1) is 0 Å². The Morgan fingerprint density at radius 1 is 1.37 bits per heavy atom. The van der Waals surface area contributed by atoms with Gasteiger partial charge >= 0.3 is 0 Å². The van der Waals surface area contributed by atoms with E-state index in [4.69, 9.17) is 10.2 Å². The molecule has 0 fully saturated rings. The van der Waals surface area contributed by atoms with E-state index < -0.39 is 0 Å². The molecule has 1 aromatic carbocycles. The molecule has 3 rings (SSSR count). The first-order valence-corrected chi connectivity index (χ1v) is 7.61. The molecule has 0 aliphatic rings. The van der Waals surface area contributed by atoms with Crippen molar-refractivity contribution in [1.82, 2.24) is 14.3 Å². The minimum atomic E-state index is 0.646. The van der Waals surface area contributed by atoms with Crippen LogP contribution in [0.3, 0.4) is 0 Å². The van der Waals surface area contributed by atoms with E-state index in [1.165, 1.54) is 11.5 Å². The number of fused-ring (bicyclic) bond motifs is 1. The Morgan fingerprint density at radius 3 is 3.05 bits per heavy atom. The molecule has 0 saturated heterocycles. The Kier molecular flexibility index (Phi) is 3.39. The highest BCUT2D eigenvalue weighted by Crippen LogP contribution is 2.26. The monoisotopic (exact) mass is 292 g/mol. The third kappa shape index (κ3) is 2.71. The summed E-state index contributed by atoms with van der Waals surface area (Å²) in [4.78, 5) is 8.80. The molecule has 3 aromatic rings. The largest absolute Gasteiger partial charge is 0.440 e. The first-order chi connectivity index (χ1) is 9.24. The second-order valence-electron chi connectivity index (χ2n) is 3.95. The summed E-state index contributed by atoms with van der Waals surface area (Å²) in [6.07, 6.45) is 0.860. The van der Waals surface area contributed by atoms with E-state index in [0.29, 0.717) is 17.3 Å². The highest BCUT2D eigenvalue weighted by atomic mass is 32.2. The maximum atomic E-state index is 5.71. The van der Waals surface area contributed by atoms with Crippen molar-refractivity contribution in [2.24, 2.45) is 0 Å². The van der Waals surface area contributed by atoms with Crippen LogP contribution in [0.4, 0.5) is 5.69 Å². The summed E-state index contributed by atoms with van der Waals surface area (Å²) in [5, 5.41) is 0. The molecule has 7 heteroatoms. The number of nitrogens with zero attached hydrogens (tertiary/aromatic N) is 3. The molecule has 2 N–H and O–H groups in total. The zero-order valence-electron chi connectivity index (χ0n) is 10.3. The number of benzene rings is 1. The molecule has 98 valence electrons. The Labute approximate surface area is 118 Å². The molecule has 19 heavy (non-hydrogen) atoms. The van der Waals surface area contributed by atoms with Crippen LogP contribution in [0.5, 0.6) is 0 Å². The van der Waals surface area contributed by atoms with Crippen LogP contribution in [0, 0.1) is 0 Å². The van der Waals surface area contributed by atoms with Crippen LogP contribution in [0.1, 0.15) is 18.6 Å². The van der Waals surface area contributed by atoms with Gasteiger partial charge in [0.15, 0.2) is 9.92 Å². The summed E-state index contributed by atoms with van der Waals surface area (Å²) in [7, 11) is 0. The summed E-state index contributed by atoms with van der Waals surface area (Å²) in [5.74, 6) is 2.21. The molecule has 0 unspecified atom stereocenters. The molecule has 2 heterocycles. The molecule has 0 aliphatic carbocycles. The van der Waals surface area contributed by atoms with Crippen molar-refractivity contribution in [3.05, 3.63) is 29.9 Å². The molecule has 2 aromatic heterocycles. The highest BCUT2D eigenvalue weighted by Gasteiger charge is 2.09. The van der Waals surface area contributed by atoms with E-state index in [2.05, 4.69) is 14.3 Å². The van der Waals surface area contributed by atoms with Gasteiger partial charge in [-0.2, -0.15) is 4.37 Å². The minimum Gasteiger partial charge on any atom is -0.440 e. The predicted octanol–water partition coefficient (Wildman–Crippen LogP) is 3.12. The molecular weight excluding hydrogens is 280 g/mol. The molecule has 0 spiro atoms. The van der Waals surface area contributed by atoms with Gasteiger partial charge in [-0.3, -0.25) is 0 Å². The number of nitrogen functional groups attached to an aromatic ring is 1. The smallest absolute Gasteiger partial charge is 0.205 e. The van der Waals surface area contributed by atoms with Gasteiger partial charge in [0, 0.05) is 18.2 Å². The van der Waals surface area contributed by atoms with Crippen molar-refractivity contribution >= 4 is 40.1 Å². The highest BCUT2D eigenvalue weighted by molar-refractivity contribution is 8.00. The van der Waals surface area contributed by atoms with Crippen LogP contribution in [0.2, 0.25) is 0 Å². The number of thioether (sulfide) groups is 1. The fourth-order valence-electron chi connectivity index (χ4n) is 1.61. The van der Waals surface area contributed by atoms with Gasteiger partial charge in [-0.1, -0.05) is 18.7 Å². The van der Waals surface area contributed by atoms with Crippen LogP contribution < -0.4 is 5.73 Å². The SMILES string of the molecule is CCc1nsc(SCc2nc3ccc(N)cc3o2)n1. The van der Waals surface area contributed by atoms with Gasteiger partial charge in [0.05, 0.1) is 5.75 Å². The summed E-state index contributed by atoms with van der Waals surface area (Å²) in [5.41, 5.74) is 7.94. The first kappa shape index (κ1) is 12.4. The van der Waals surface area contributed by atoms with Gasteiger partial charge in [-0.25, -0.2) is 9.97 Å². The summed E-state index contributed by atoms with van der Waals surface area (Å²) in [6, 6.07) is 5.47. The van der Waals surface area contributed by atoms with Crippen LogP contribution in [0.25, 0.3) is 11.1 Å². The maximum absolute atomic E-state index is 5.71. The Morgan fingerprint density at radius 2 is 2.26 bits per heavy atom. The van der Waals surface area contributed by atoms with Crippen molar-refractivity contribution in [3.8, 4) is 0 Å². The number of rotatable bonds is 4. The van der Waals surface area contributed by atoms with Gasteiger partial charge < -0.3 is 10.2 Å². The molecule has 5 nitrogen and oxygen atoms in total. The number of aromatic nitrogens is 3. The lowest BCUT2D eigenvalue weighted by Crippen LogP contribution is -1.82. The Bertz CT molecular complexity index is 707. The van der Waals surface area contributed by atoms with E-state index in [0.717, 1.165) is 27.7 Å².